The van der Waals surface area contributed by atoms with Crippen LogP contribution in [0.5, 0.6) is 0 Å². The smallest absolute Gasteiger partial charge is 0.291 e. The third-order valence-electron chi connectivity index (χ3n) is 3.67. The minimum Gasteiger partial charge on any atom is -0.343 e. The fraction of sp³-hybridized carbons (Fsp3) is 0.400. The van der Waals surface area contributed by atoms with Crippen LogP contribution in [-0.2, 0) is 0 Å². The molecule has 1 fully saturated rings. The first kappa shape index (κ1) is 12.8. The fourth-order valence-corrected chi connectivity index (χ4v) is 2.33. The molecule has 5 heteroatoms. The van der Waals surface area contributed by atoms with E-state index in [9.17, 15) is 4.79 Å². The highest BCUT2D eigenvalue weighted by molar-refractivity contribution is 5.90. The zero-order chi connectivity index (χ0) is 14.1. The first-order valence-corrected chi connectivity index (χ1v) is 6.94. The minimum atomic E-state index is -0.232. The van der Waals surface area contributed by atoms with Gasteiger partial charge in [0.15, 0.2) is 0 Å². The Morgan fingerprint density at radius 3 is 2.85 bits per heavy atom. The van der Waals surface area contributed by atoms with Gasteiger partial charge >= 0.3 is 0 Å². The van der Waals surface area contributed by atoms with Crippen molar-refractivity contribution in [2.24, 2.45) is 0 Å². The third-order valence-corrected chi connectivity index (χ3v) is 3.67. The molecule has 1 heterocycles. The van der Waals surface area contributed by atoms with Gasteiger partial charge in [-0.2, -0.15) is 0 Å². The summed E-state index contributed by atoms with van der Waals surface area (Å²) in [6.07, 6.45) is 2.27. The molecule has 3 rings (SSSR count). The van der Waals surface area contributed by atoms with E-state index >= 15 is 0 Å². The molecule has 2 aromatic rings. The SMILES string of the molecule is Cc1ccccc1C(C)NC(=O)c1n[nH]c(C2CC2)n1. The predicted molar refractivity (Wildman–Crippen MR) is 75.4 cm³/mol. The van der Waals surface area contributed by atoms with Crippen LogP contribution in [0.1, 0.15) is 59.3 Å². The van der Waals surface area contributed by atoms with Gasteiger partial charge in [-0.1, -0.05) is 24.3 Å². The Hall–Kier alpha value is -2.17. The van der Waals surface area contributed by atoms with Crippen LogP contribution in [0, 0.1) is 6.92 Å². The maximum absolute atomic E-state index is 12.1. The molecule has 1 aliphatic carbocycles. The van der Waals surface area contributed by atoms with Gasteiger partial charge in [-0.15, -0.1) is 5.10 Å². The van der Waals surface area contributed by atoms with E-state index in [4.69, 9.17) is 0 Å². The Bertz CT molecular complexity index is 630. The highest BCUT2D eigenvalue weighted by atomic mass is 16.2. The first-order valence-electron chi connectivity index (χ1n) is 6.94. The first-order chi connectivity index (χ1) is 9.65. The van der Waals surface area contributed by atoms with Gasteiger partial charge in [-0.3, -0.25) is 9.89 Å². The summed E-state index contributed by atoms with van der Waals surface area (Å²) in [6.45, 7) is 4.00. The molecule has 0 bridgehead atoms. The van der Waals surface area contributed by atoms with Crippen LogP contribution in [0.3, 0.4) is 0 Å². The number of benzene rings is 1. The molecule has 0 spiro atoms. The van der Waals surface area contributed by atoms with E-state index in [1.807, 2.05) is 38.1 Å². The molecule has 0 aliphatic heterocycles. The number of rotatable bonds is 4. The second-order valence-corrected chi connectivity index (χ2v) is 5.37. The molecule has 1 aromatic heterocycles. The second-order valence-electron chi connectivity index (χ2n) is 5.37. The normalized spacial score (nSPS) is 15.9. The zero-order valence-electron chi connectivity index (χ0n) is 11.7. The third kappa shape index (κ3) is 2.57. The summed E-state index contributed by atoms with van der Waals surface area (Å²) in [5.41, 5.74) is 2.27. The molecule has 1 aromatic carbocycles. The van der Waals surface area contributed by atoms with Crippen LogP contribution in [0.15, 0.2) is 24.3 Å². The van der Waals surface area contributed by atoms with E-state index in [0.29, 0.717) is 5.92 Å². The fourth-order valence-electron chi connectivity index (χ4n) is 2.33. The standard InChI is InChI=1S/C15H18N4O/c1-9-5-3-4-6-12(9)10(2)16-15(20)14-17-13(18-19-14)11-7-8-11/h3-6,10-11H,7-8H2,1-2H3,(H,16,20)(H,17,18,19). The molecular formula is C15H18N4O. The number of hydrogen-bond acceptors (Lipinski definition) is 3. The lowest BCUT2D eigenvalue weighted by molar-refractivity contribution is 0.0929. The number of hydrogen-bond donors (Lipinski definition) is 2. The van der Waals surface area contributed by atoms with Crippen molar-refractivity contribution in [3.8, 4) is 0 Å². The van der Waals surface area contributed by atoms with Crippen molar-refractivity contribution >= 4 is 5.91 Å². The number of aromatic amines is 1. The molecule has 1 amide bonds. The van der Waals surface area contributed by atoms with Crippen LogP contribution < -0.4 is 5.32 Å². The van der Waals surface area contributed by atoms with Gasteiger partial charge in [-0.25, -0.2) is 4.98 Å². The molecule has 1 aliphatic rings. The molecule has 1 atom stereocenters. The predicted octanol–water partition coefficient (Wildman–Crippen LogP) is 2.48. The molecule has 1 unspecified atom stereocenters. The highest BCUT2D eigenvalue weighted by Gasteiger charge is 2.28. The number of carbonyl (C=O) groups excluding carboxylic acids is 1. The molecule has 0 radical (unpaired) electrons. The summed E-state index contributed by atoms with van der Waals surface area (Å²) in [4.78, 5) is 16.4. The van der Waals surface area contributed by atoms with Gasteiger partial charge in [0.25, 0.3) is 5.91 Å². The summed E-state index contributed by atoms with van der Waals surface area (Å²) < 4.78 is 0. The van der Waals surface area contributed by atoms with Gasteiger partial charge < -0.3 is 5.32 Å². The average molecular weight is 270 g/mol. The van der Waals surface area contributed by atoms with Crippen molar-refractivity contribution in [1.82, 2.24) is 20.5 Å². The van der Waals surface area contributed by atoms with Gasteiger partial charge in [-0.05, 0) is 37.8 Å². The van der Waals surface area contributed by atoms with Crippen molar-refractivity contribution in [1.29, 1.82) is 0 Å². The topological polar surface area (TPSA) is 70.7 Å². The van der Waals surface area contributed by atoms with E-state index in [1.165, 1.54) is 0 Å². The number of H-pyrrole nitrogens is 1. The van der Waals surface area contributed by atoms with E-state index in [2.05, 4.69) is 20.5 Å². The number of nitrogens with one attached hydrogen (secondary N) is 2. The molecule has 104 valence electrons. The lowest BCUT2D eigenvalue weighted by Crippen LogP contribution is -2.28. The quantitative estimate of drug-likeness (QED) is 0.896. The Kier molecular flexibility index (Phi) is 3.26. The molecule has 1 saturated carbocycles. The van der Waals surface area contributed by atoms with E-state index in [-0.39, 0.29) is 17.8 Å². The summed E-state index contributed by atoms with van der Waals surface area (Å²) in [5, 5.41) is 9.79. The van der Waals surface area contributed by atoms with Gasteiger partial charge in [0.05, 0.1) is 6.04 Å². The number of aromatic nitrogens is 3. The van der Waals surface area contributed by atoms with Crippen LogP contribution in [0.4, 0.5) is 0 Å². The van der Waals surface area contributed by atoms with Crippen molar-refractivity contribution in [2.45, 2.75) is 38.6 Å². The number of nitrogens with zero attached hydrogens (tertiary/aromatic N) is 2. The summed E-state index contributed by atoms with van der Waals surface area (Å²) >= 11 is 0. The maximum Gasteiger partial charge on any atom is 0.291 e. The molecule has 20 heavy (non-hydrogen) atoms. The Balaban J connectivity index is 1.70. The van der Waals surface area contributed by atoms with E-state index in [0.717, 1.165) is 29.8 Å². The summed E-state index contributed by atoms with van der Waals surface area (Å²) in [7, 11) is 0. The lowest BCUT2D eigenvalue weighted by Gasteiger charge is -2.15. The van der Waals surface area contributed by atoms with Gasteiger partial charge in [0, 0.05) is 5.92 Å². The Morgan fingerprint density at radius 2 is 2.15 bits per heavy atom. The van der Waals surface area contributed by atoms with Crippen LogP contribution in [-0.4, -0.2) is 21.1 Å². The highest BCUT2D eigenvalue weighted by Crippen LogP contribution is 2.37. The van der Waals surface area contributed by atoms with Gasteiger partial charge in [0.1, 0.15) is 5.82 Å². The van der Waals surface area contributed by atoms with E-state index in [1.54, 1.807) is 0 Å². The zero-order valence-corrected chi connectivity index (χ0v) is 11.7. The van der Waals surface area contributed by atoms with Crippen LogP contribution in [0.25, 0.3) is 0 Å². The largest absolute Gasteiger partial charge is 0.343 e. The van der Waals surface area contributed by atoms with Crippen molar-refractivity contribution < 1.29 is 4.79 Å². The molecule has 2 N–H and O–H groups in total. The molecule has 5 nitrogen and oxygen atoms in total. The average Bonchev–Trinajstić information content (AvgIpc) is 3.16. The van der Waals surface area contributed by atoms with Crippen molar-refractivity contribution in [2.75, 3.05) is 0 Å². The molecule has 0 saturated heterocycles. The van der Waals surface area contributed by atoms with Gasteiger partial charge in [0.2, 0.25) is 5.82 Å². The lowest BCUT2D eigenvalue weighted by atomic mass is 10.0. The van der Waals surface area contributed by atoms with Crippen molar-refractivity contribution in [3.05, 3.63) is 47.0 Å². The number of amides is 1. The van der Waals surface area contributed by atoms with E-state index < -0.39 is 0 Å². The number of carbonyl (C=O) groups is 1. The summed E-state index contributed by atoms with van der Waals surface area (Å²) in [6, 6.07) is 7.96. The monoisotopic (exact) mass is 270 g/mol. The van der Waals surface area contributed by atoms with Crippen LogP contribution >= 0.6 is 0 Å². The van der Waals surface area contributed by atoms with Crippen molar-refractivity contribution in [3.63, 3.8) is 0 Å². The minimum absolute atomic E-state index is 0.0634. The van der Waals surface area contributed by atoms with Crippen LogP contribution in [0.2, 0.25) is 0 Å². The molecular weight excluding hydrogens is 252 g/mol. The Morgan fingerprint density at radius 1 is 1.40 bits per heavy atom. The number of aryl methyl sites for hydroxylation is 1. The maximum atomic E-state index is 12.1. The summed E-state index contributed by atoms with van der Waals surface area (Å²) in [5.74, 6) is 1.30. The second kappa shape index (κ2) is 5.07. The Labute approximate surface area is 117 Å².